The summed E-state index contributed by atoms with van der Waals surface area (Å²) in [6.45, 7) is 0. The van der Waals surface area contributed by atoms with Gasteiger partial charge in [0.1, 0.15) is 0 Å². The van der Waals surface area contributed by atoms with Gasteiger partial charge in [-0.1, -0.05) is 0 Å². The zero-order valence-electron chi connectivity index (χ0n) is 10.3. The molecule has 0 spiro atoms. The normalized spacial score (nSPS) is 20.9. The summed E-state index contributed by atoms with van der Waals surface area (Å²) in [6.07, 6.45) is 3.80. The van der Waals surface area contributed by atoms with E-state index in [1.54, 1.807) is 18.5 Å². The number of rotatable bonds is 3. The molecule has 10 heteroatoms. The van der Waals surface area contributed by atoms with Crippen molar-refractivity contribution in [3.63, 3.8) is 0 Å². The molecule has 3 heterocycles. The van der Waals surface area contributed by atoms with Crippen LogP contribution in [0.2, 0.25) is 5.28 Å². The Balaban J connectivity index is 1.84. The first kappa shape index (κ1) is 13.3. The molecule has 3 rings (SSSR count). The van der Waals surface area contributed by atoms with Gasteiger partial charge in [0.05, 0.1) is 11.5 Å². The first-order chi connectivity index (χ1) is 9.52. The van der Waals surface area contributed by atoms with E-state index in [4.69, 9.17) is 11.6 Å². The van der Waals surface area contributed by atoms with Gasteiger partial charge in [0.25, 0.3) is 5.95 Å². The van der Waals surface area contributed by atoms with Crippen LogP contribution in [0, 0.1) is 0 Å². The molecular weight excluding hydrogens is 304 g/mol. The van der Waals surface area contributed by atoms with Crippen LogP contribution >= 0.6 is 11.6 Å². The van der Waals surface area contributed by atoms with Gasteiger partial charge in [-0.25, -0.2) is 13.1 Å². The zero-order chi connectivity index (χ0) is 14.2. The second kappa shape index (κ2) is 4.98. The maximum Gasteiger partial charge on any atom is 0.256 e. The molecule has 0 saturated carbocycles. The van der Waals surface area contributed by atoms with Gasteiger partial charge in [0.15, 0.2) is 9.84 Å². The fraction of sp³-hybridized carbons (Fsp3) is 0.400. The number of aromatic nitrogens is 5. The van der Waals surface area contributed by atoms with Crippen molar-refractivity contribution < 1.29 is 8.42 Å². The molecule has 1 aliphatic rings. The van der Waals surface area contributed by atoms with Crippen LogP contribution in [-0.2, 0) is 9.84 Å². The number of hydrogen-bond donors (Lipinski definition) is 1. The van der Waals surface area contributed by atoms with Crippen molar-refractivity contribution in [2.75, 3.05) is 16.8 Å². The molecule has 20 heavy (non-hydrogen) atoms. The fourth-order valence-electron chi connectivity index (χ4n) is 1.99. The smallest absolute Gasteiger partial charge is 0.256 e. The Morgan fingerprint density at radius 1 is 1.35 bits per heavy atom. The molecule has 1 fully saturated rings. The summed E-state index contributed by atoms with van der Waals surface area (Å²) >= 11 is 5.85. The van der Waals surface area contributed by atoms with Crippen LogP contribution in [0.15, 0.2) is 18.5 Å². The SMILES string of the molecule is O=S1(=O)CCC(Nc2nc(Cl)nc(-n3cccn3)n2)C1. The Labute approximate surface area is 120 Å². The molecule has 8 nitrogen and oxygen atoms in total. The lowest BCUT2D eigenvalue weighted by Gasteiger charge is -2.11. The van der Waals surface area contributed by atoms with Gasteiger partial charge >= 0.3 is 0 Å². The van der Waals surface area contributed by atoms with Crippen molar-refractivity contribution in [1.82, 2.24) is 24.7 Å². The van der Waals surface area contributed by atoms with Crippen molar-refractivity contribution >= 4 is 27.4 Å². The summed E-state index contributed by atoms with van der Waals surface area (Å²) in [4.78, 5) is 12.1. The van der Waals surface area contributed by atoms with E-state index in [-0.39, 0.29) is 34.7 Å². The number of sulfone groups is 1. The Kier molecular flexibility index (Phi) is 3.30. The lowest BCUT2D eigenvalue weighted by Crippen LogP contribution is -2.22. The predicted octanol–water partition coefficient (Wildman–Crippen LogP) is 0.310. The molecule has 0 aromatic carbocycles. The number of anilines is 1. The molecule has 0 radical (unpaired) electrons. The van der Waals surface area contributed by atoms with E-state index in [1.807, 2.05) is 0 Å². The van der Waals surface area contributed by atoms with Gasteiger partial charge in [-0.05, 0) is 24.1 Å². The molecule has 0 bridgehead atoms. The van der Waals surface area contributed by atoms with Crippen LogP contribution < -0.4 is 5.32 Å². The maximum absolute atomic E-state index is 11.4. The quantitative estimate of drug-likeness (QED) is 0.869. The molecule has 1 atom stereocenters. The number of nitrogens with zero attached hydrogens (tertiary/aromatic N) is 5. The molecular formula is C10H11ClN6O2S. The van der Waals surface area contributed by atoms with Gasteiger partial charge < -0.3 is 5.32 Å². The van der Waals surface area contributed by atoms with Crippen LogP contribution in [0.25, 0.3) is 5.95 Å². The monoisotopic (exact) mass is 314 g/mol. The minimum atomic E-state index is -2.96. The summed E-state index contributed by atoms with van der Waals surface area (Å²) in [6, 6.07) is 1.53. The first-order valence-electron chi connectivity index (χ1n) is 5.90. The van der Waals surface area contributed by atoms with Crippen LogP contribution in [0.4, 0.5) is 5.95 Å². The molecule has 1 N–H and O–H groups in total. The van der Waals surface area contributed by atoms with Gasteiger partial charge in [0.2, 0.25) is 11.2 Å². The van der Waals surface area contributed by atoms with E-state index in [9.17, 15) is 8.42 Å². The maximum atomic E-state index is 11.4. The number of hydrogen-bond acceptors (Lipinski definition) is 7. The van der Waals surface area contributed by atoms with Crippen LogP contribution in [0.1, 0.15) is 6.42 Å². The highest BCUT2D eigenvalue weighted by Gasteiger charge is 2.28. The highest BCUT2D eigenvalue weighted by atomic mass is 35.5. The topological polar surface area (TPSA) is 103 Å². The number of nitrogens with one attached hydrogen (secondary N) is 1. The summed E-state index contributed by atoms with van der Waals surface area (Å²) in [5, 5.41) is 7.00. The van der Waals surface area contributed by atoms with Crippen LogP contribution in [0.5, 0.6) is 0 Å². The van der Waals surface area contributed by atoms with E-state index < -0.39 is 9.84 Å². The zero-order valence-corrected chi connectivity index (χ0v) is 11.8. The Bertz CT molecular complexity index is 717. The molecule has 1 aliphatic heterocycles. The summed E-state index contributed by atoms with van der Waals surface area (Å²) in [7, 11) is -2.96. The van der Waals surface area contributed by atoms with Crippen molar-refractivity contribution in [2.45, 2.75) is 12.5 Å². The Morgan fingerprint density at radius 2 is 2.20 bits per heavy atom. The molecule has 2 aromatic rings. The Hall–Kier alpha value is -1.74. The minimum Gasteiger partial charge on any atom is -0.350 e. The minimum absolute atomic E-state index is 0.0221. The molecule has 106 valence electrons. The Morgan fingerprint density at radius 3 is 2.85 bits per heavy atom. The van der Waals surface area contributed by atoms with E-state index in [0.29, 0.717) is 6.42 Å². The van der Waals surface area contributed by atoms with Crippen LogP contribution in [-0.4, -0.2) is 50.7 Å². The fourth-order valence-corrected chi connectivity index (χ4v) is 3.81. The van der Waals surface area contributed by atoms with Crippen LogP contribution in [0.3, 0.4) is 0 Å². The van der Waals surface area contributed by atoms with E-state index in [2.05, 4.69) is 25.4 Å². The average molecular weight is 315 g/mol. The lowest BCUT2D eigenvalue weighted by atomic mass is 10.3. The molecule has 2 aromatic heterocycles. The molecule has 1 saturated heterocycles. The second-order valence-corrected chi connectivity index (χ2v) is 6.99. The molecule has 0 amide bonds. The van der Waals surface area contributed by atoms with Gasteiger partial charge in [0, 0.05) is 18.4 Å². The van der Waals surface area contributed by atoms with E-state index in [1.165, 1.54) is 4.68 Å². The van der Waals surface area contributed by atoms with Gasteiger partial charge in [-0.15, -0.1) is 0 Å². The third-order valence-corrected chi connectivity index (χ3v) is 4.81. The van der Waals surface area contributed by atoms with Crippen molar-refractivity contribution in [2.24, 2.45) is 0 Å². The summed E-state index contributed by atoms with van der Waals surface area (Å²) in [5.41, 5.74) is 0. The van der Waals surface area contributed by atoms with Gasteiger partial charge in [-0.3, -0.25) is 0 Å². The summed E-state index contributed by atoms with van der Waals surface area (Å²) in [5.74, 6) is 0.777. The largest absolute Gasteiger partial charge is 0.350 e. The number of halogens is 1. The average Bonchev–Trinajstić information content (AvgIpc) is 2.98. The first-order valence-corrected chi connectivity index (χ1v) is 8.10. The highest BCUT2D eigenvalue weighted by molar-refractivity contribution is 7.91. The predicted molar refractivity (Wildman–Crippen MR) is 72.6 cm³/mol. The highest BCUT2D eigenvalue weighted by Crippen LogP contribution is 2.16. The standard InChI is InChI=1S/C10H11ClN6O2S/c11-8-14-9(13-7-2-5-20(18,19)6-7)16-10(15-8)17-4-1-3-12-17/h1,3-4,7H,2,5-6H2,(H,13,14,15,16). The molecule has 0 aliphatic carbocycles. The molecule has 1 unspecified atom stereocenters. The summed E-state index contributed by atoms with van der Waals surface area (Å²) < 4.78 is 24.3. The van der Waals surface area contributed by atoms with E-state index in [0.717, 1.165) is 0 Å². The lowest BCUT2D eigenvalue weighted by molar-refractivity contribution is 0.602. The van der Waals surface area contributed by atoms with Crippen molar-refractivity contribution in [3.05, 3.63) is 23.7 Å². The second-order valence-electron chi connectivity index (χ2n) is 4.42. The van der Waals surface area contributed by atoms with Crippen molar-refractivity contribution in [3.8, 4) is 5.95 Å². The third-order valence-electron chi connectivity index (χ3n) is 2.87. The third kappa shape index (κ3) is 2.88. The van der Waals surface area contributed by atoms with E-state index >= 15 is 0 Å². The van der Waals surface area contributed by atoms with Crippen molar-refractivity contribution in [1.29, 1.82) is 0 Å². The van der Waals surface area contributed by atoms with Gasteiger partial charge in [-0.2, -0.15) is 20.1 Å².